The smallest absolute Gasteiger partial charge is 0.385 e. The van der Waals surface area contributed by atoms with Gasteiger partial charge >= 0.3 is 6.18 Å². The molecule has 3 N–H and O–H groups in total. The number of hydrogen-bond donors (Lipinski definition) is 2. The third-order valence-corrected chi connectivity index (χ3v) is 3.75. The van der Waals surface area contributed by atoms with Gasteiger partial charge in [0.15, 0.2) is 5.82 Å². The molecular formula is C13H11ClF3N5S. The number of nitrogens with one attached hydrogen (secondary N) is 1. The lowest BCUT2D eigenvalue weighted by atomic mass is 10.3. The van der Waals surface area contributed by atoms with Crippen molar-refractivity contribution in [2.75, 3.05) is 11.2 Å². The van der Waals surface area contributed by atoms with E-state index in [1.807, 2.05) is 12.1 Å². The Bertz CT molecular complexity index is 694. The highest BCUT2D eigenvalue weighted by Crippen LogP contribution is 2.32. The van der Waals surface area contributed by atoms with Gasteiger partial charge in [-0.25, -0.2) is 9.97 Å². The minimum absolute atomic E-state index is 0.00884. The SMILES string of the molecule is N/C(CSc1ccccn1)=N/Nc1ncc(C(F)(F)F)cc1Cl. The number of aromatic nitrogens is 2. The molecule has 0 aromatic carbocycles. The number of anilines is 1. The molecule has 2 heterocycles. The van der Waals surface area contributed by atoms with Gasteiger partial charge < -0.3 is 5.73 Å². The van der Waals surface area contributed by atoms with E-state index in [4.69, 9.17) is 17.3 Å². The van der Waals surface area contributed by atoms with E-state index < -0.39 is 11.7 Å². The number of amidine groups is 1. The number of pyridine rings is 2. The normalized spacial score (nSPS) is 12.3. The van der Waals surface area contributed by atoms with Crippen molar-refractivity contribution in [2.24, 2.45) is 10.8 Å². The lowest BCUT2D eigenvalue weighted by molar-refractivity contribution is -0.137. The Balaban J connectivity index is 1.96. The zero-order valence-electron chi connectivity index (χ0n) is 11.5. The van der Waals surface area contributed by atoms with E-state index in [0.29, 0.717) is 11.9 Å². The summed E-state index contributed by atoms with van der Waals surface area (Å²) in [5.74, 6) is 0.561. The largest absolute Gasteiger partial charge is 0.417 e. The Hall–Kier alpha value is -2.00. The first kappa shape index (κ1) is 17.4. The summed E-state index contributed by atoms with van der Waals surface area (Å²) in [5.41, 5.74) is 7.22. The number of hydrazone groups is 1. The van der Waals surface area contributed by atoms with Crippen LogP contribution in [0.5, 0.6) is 0 Å². The molecule has 0 unspecified atom stereocenters. The maximum atomic E-state index is 12.5. The number of hydrogen-bond acceptors (Lipinski definition) is 5. The second-order valence-corrected chi connectivity index (χ2v) is 5.63. The van der Waals surface area contributed by atoms with Crippen LogP contribution in [-0.4, -0.2) is 21.6 Å². The minimum atomic E-state index is -4.50. The van der Waals surface area contributed by atoms with Gasteiger partial charge in [-0.2, -0.15) is 18.3 Å². The van der Waals surface area contributed by atoms with E-state index in [1.165, 1.54) is 11.8 Å². The van der Waals surface area contributed by atoms with Crippen molar-refractivity contribution < 1.29 is 13.2 Å². The number of nitrogens with zero attached hydrogens (tertiary/aromatic N) is 3. The first-order valence-corrected chi connectivity index (χ1v) is 7.57. The van der Waals surface area contributed by atoms with E-state index in [0.717, 1.165) is 11.1 Å². The fourth-order valence-electron chi connectivity index (χ4n) is 1.41. The lowest BCUT2D eigenvalue weighted by Crippen LogP contribution is -2.17. The van der Waals surface area contributed by atoms with Crippen LogP contribution in [0.1, 0.15) is 5.56 Å². The van der Waals surface area contributed by atoms with Crippen molar-refractivity contribution in [1.29, 1.82) is 0 Å². The summed E-state index contributed by atoms with van der Waals surface area (Å²) in [6.07, 6.45) is -2.18. The second-order valence-electron chi connectivity index (χ2n) is 4.22. The van der Waals surface area contributed by atoms with Crippen LogP contribution < -0.4 is 11.2 Å². The third-order valence-electron chi connectivity index (χ3n) is 2.48. The Morgan fingerprint density at radius 3 is 2.74 bits per heavy atom. The third kappa shape index (κ3) is 5.29. The van der Waals surface area contributed by atoms with Crippen molar-refractivity contribution >= 4 is 35.0 Å². The number of halogens is 4. The maximum Gasteiger partial charge on any atom is 0.417 e. The predicted octanol–water partition coefficient (Wildman–Crippen LogP) is 3.63. The Morgan fingerprint density at radius 1 is 1.35 bits per heavy atom. The van der Waals surface area contributed by atoms with Crippen molar-refractivity contribution in [1.82, 2.24) is 9.97 Å². The summed E-state index contributed by atoms with van der Waals surface area (Å²) >= 11 is 7.11. The first-order chi connectivity index (χ1) is 10.9. The highest BCUT2D eigenvalue weighted by molar-refractivity contribution is 7.99. The molecule has 0 aliphatic heterocycles. The molecule has 0 amide bonds. The molecule has 0 saturated heterocycles. The molecule has 23 heavy (non-hydrogen) atoms. The number of rotatable bonds is 5. The molecule has 0 fully saturated rings. The number of nitrogens with two attached hydrogens (primary N) is 1. The summed E-state index contributed by atoms with van der Waals surface area (Å²) in [6.45, 7) is 0. The van der Waals surface area contributed by atoms with Crippen molar-refractivity contribution in [3.05, 3.63) is 47.2 Å². The summed E-state index contributed by atoms with van der Waals surface area (Å²) in [5, 5.41) is 4.40. The molecule has 2 rings (SSSR count). The molecule has 0 aliphatic carbocycles. The zero-order chi connectivity index (χ0) is 16.9. The summed E-state index contributed by atoms with van der Waals surface area (Å²) < 4.78 is 37.5. The van der Waals surface area contributed by atoms with E-state index in [9.17, 15) is 13.2 Å². The topological polar surface area (TPSA) is 76.2 Å². The molecule has 2 aromatic heterocycles. The summed E-state index contributed by atoms with van der Waals surface area (Å²) in [7, 11) is 0. The Labute approximate surface area is 139 Å². The molecule has 0 spiro atoms. The van der Waals surface area contributed by atoms with Crippen molar-refractivity contribution in [3.63, 3.8) is 0 Å². The summed E-state index contributed by atoms with van der Waals surface area (Å²) in [4.78, 5) is 7.70. The molecule has 10 heteroatoms. The highest BCUT2D eigenvalue weighted by Gasteiger charge is 2.31. The second kappa shape index (κ2) is 7.51. The standard InChI is InChI=1S/C13H11ClF3N5S/c14-9-5-8(13(15,16)17)6-20-12(9)22-21-10(18)7-23-11-3-1-2-4-19-11/h1-6H,7H2,(H2,18,21)(H,20,22). The van der Waals surface area contributed by atoms with Gasteiger partial charge in [0, 0.05) is 12.4 Å². The molecular weight excluding hydrogens is 351 g/mol. The molecule has 2 aromatic rings. The summed E-state index contributed by atoms with van der Waals surface area (Å²) in [6, 6.07) is 6.22. The van der Waals surface area contributed by atoms with E-state index >= 15 is 0 Å². The molecule has 0 atom stereocenters. The average molecular weight is 362 g/mol. The monoisotopic (exact) mass is 361 g/mol. The van der Waals surface area contributed by atoms with Crippen molar-refractivity contribution in [3.8, 4) is 0 Å². The maximum absolute atomic E-state index is 12.5. The van der Waals surface area contributed by atoms with Gasteiger partial charge in [0.2, 0.25) is 0 Å². The fourth-order valence-corrected chi connectivity index (χ4v) is 2.29. The quantitative estimate of drug-likeness (QED) is 0.368. The van der Waals surface area contributed by atoms with Crippen LogP contribution in [0.2, 0.25) is 5.02 Å². The molecule has 0 bridgehead atoms. The van der Waals surface area contributed by atoms with Gasteiger partial charge in [-0.3, -0.25) is 5.43 Å². The van der Waals surface area contributed by atoms with Crippen LogP contribution in [0.15, 0.2) is 46.8 Å². The zero-order valence-corrected chi connectivity index (χ0v) is 13.1. The van der Waals surface area contributed by atoms with Crippen LogP contribution in [0.3, 0.4) is 0 Å². The minimum Gasteiger partial charge on any atom is -0.385 e. The van der Waals surface area contributed by atoms with Gasteiger partial charge in [-0.1, -0.05) is 29.4 Å². The first-order valence-electron chi connectivity index (χ1n) is 6.21. The predicted molar refractivity (Wildman–Crippen MR) is 84.5 cm³/mol. The number of alkyl halides is 3. The molecule has 122 valence electrons. The molecule has 0 saturated carbocycles. The van der Waals surface area contributed by atoms with Crippen LogP contribution >= 0.6 is 23.4 Å². The molecule has 0 aliphatic rings. The average Bonchev–Trinajstić information content (AvgIpc) is 2.51. The number of thioether (sulfide) groups is 1. The Kier molecular flexibility index (Phi) is 5.67. The lowest BCUT2D eigenvalue weighted by Gasteiger charge is -2.09. The molecule has 0 radical (unpaired) electrons. The van der Waals surface area contributed by atoms with E-state index in [-0.39, 0.29) is 16.7 Å². The van der Waals surface area contributed by atoms with E-state index in [1.54, 1.807) is 12.3 Å². The van der Waals surface area contributed by atoms with Crippen LogP contribution in [0, 0.1) is 0 Å². The highest BCUT2D eigenvalue weighted by atomic mass is 35.5. The van der Waals surface area contributed by atoms with Crippen molar-refractivity contribution in [2.45, 2.75) is 11.2 Å². The Morgan fingerprint density at radius 2 is 2.13 bits per heavy atom. The van der Waals surface area contributed by atoms with Gasteiger partial charge in [-0.05, 0) is 18.2 Å². The van der Waals surface area contributed by atoms with Gasteiger partial charge in [0.25, 0.3) is 0 Å². The van der Waals surface area contributed by atoms with Gasteiger partial charge in [0.05, 0.1) is 21.4 Å². The molecule has 5 nitrogen and oxygen atoms in total. The van der Waals surface area contributed by atoms with Crippen LogP contribution in [0.4, 0.5) is 19.0 Å². The van der Waals surface area contributed by atoms with Gasteiger partial charge in [-0.15, -0.1) is 0 Å². The van der Waals surface area contributed by atoms with Crippen LogP contribution in [0.25, 0.3) is 0 Å². The van der Waals surface area contributed by atoms with Crippen LogP contribution in [-0.2, 0) is 6.18 Å². The van der Waals surface area contributed by atoms with E-state index in [2.05, 4.69) is 20.5 Å². The fraction of sp³-hybridized carbons (Fsp3) is 0.154. The van der Waals surface area contributed by atoms with Gasteiger partial charge in [0.1, 0.15) is 5.84 Å².